The Morgan fingerprint density at radius 1 is 1.13 bits per heavy atom. The van der Waals surface area contributed by atoms with Crippen LogP contribution in [0.1, 0.15) is 14.5 Å². The number of carbonyl (C=O) groups excluding carboxylic acids is 1. The van der Waals surface area contributed by atoms with Crippen molar-refractivity contribution in [2.45, 2.75) is 0 Å². The highest BCUT2D eigenvalue weighted by atomic mass is 32.1. The van der Waals surface area contributed by atoms with Gasteiger partial charge in [0.1, 0.15) is 5.84 Å². The lowest BCUT2D eigenvalue weighted by atomic mass is 10.4. The van der Waals surface area contributed by atoms with E-state index in [0.29, 0.717) is 4.88 Å². The molecule has 15 heavy (non-hydrogen) atoms. The fourth-order valence-corrected chi connectivity index (χ4v) is 2.31. The van der Waals surface area contributed by atoms with Crippen LogP contribution < -0.4 is 5.32 Å². The minimum atomic E-state index is -0.219. The lowest BCUT2D eigenvalue weighted by Gasteiger charge is -2.02. The van der Waals surface area contributed by atoms with Crippen molar-refractivity contribution in [2.75, 3.05) is 0 Å². The Bertz CT molecular complexity index is 415. The van der Waals surface area contributed by atoms with E-state index < -0.39 is 0 Å². The molecule has 0 aromatic carbocycles. The van der Waals surface area contributed by atoms with Crippen LogP contribution in [0.15, 0.2) is 35.0 Å². The van der Waals surface area contributed by atoms with Crippen LogP contribution in [0.3, 0.4) is 0 Å². The number of nitrogens with one attached hydrogen (secondary N) is 2. The monoisotopic (exact) mass is 236 g/mol. The smallest absolute Gasteiger partial charge is 0.266 e. The lowest BCUT2D eigenvalue weighted by molar-refractivity contribution is 0.0981. The summed E-state index contributed by atoms with van der Waals surface area (Å²) in [6.45, 7) is 0. The van der Waals surface area contributed by atoms with Gasteiger partial charge in [0.2, 0.25) is 0 Å². The molecule has 3 nitrogen and oxygen atoms in total. The highest BCUT2D eigenvalue weighted by Gasteiger charge is 2.10. The van der Waals surface area contributed by atoms with Crippen LogP contribution in [0.2, 0.25) is 0 Å². The van der Waals surface area contributed by atoms with Gasteiger partial charge in [0.05, 0.1) is 9.75 Å². The third-order valence-electron chi connectivity index (χ3n) is 1.75. The Balaban J connectivity index is 2.04. The van der Waals surface area contributed by atoms with E-state index in [1.807, 2.05) is 29.0 Å². The first-order valence-electron chi connectivity index (χ1n) is 4.24. The number of amides is 1. The number of carbonyl (C=O) groups is 1. The van der Waals surface area contributed by atoms with Crippen molar-refractivity contribution in [1.82, 2.24) is 5.32 Å². The fraction of sp³-hybridized carbons (Fsp3) is 0. The van der Waals surface area contributed by atoms with Gasteiger partial charge in [0.15, 0.2) is 0 Å². The van der Waals surface area contributed by atoms with Crippen LogP contribution in [0.5, 0.6) is 0 Å². The molecule has 5 heteroatoms. The second-order valence-corrected chi connectivity index (χ2v) is 4.68. The van der Waals surface area contributed by atoms with Crippen LogP contribution in [-0.4, -0.2) is 11.7 Å². The van der Waals surface area contributed by atoms with Gasteiger partial charge >= 0.3 is 0 Å². The second-order valence-electron chi connectivity index (χ2n) is 2.78. The van der Waals surface area contributed by atoms with Crippen molar-refractivity contribution < 1.29 is 4.79 Å². The SMILES string of the molecule is N=C(NC(=O)c1cccs1)c1cccs1. The summed E-state index contributed by atoms with van der Waals surface area (Å²) in [6, 6.07) is 7.21. The molecule has 76 valence electrons. The minimum absolute atomic E-state index is 0.156. The van der Waals surface area contributed by atoms with Gasteiger partial charge in [-0.2, -0.15) is 0 Å². The van der Waals surface area contributed by atoms with Gasteiger partial charge in [-0.3, -0.25) is 10.2 Å². The number of amidine groups is 1. The third-order valence-corrected chi connectivity index (χ3v) is 3.51. The maximum atomic E-state index is 11.6. The van der Waals surface area contributed by atoms with Gasteiger partial charge < -0.3 is 5.32 Å². The van der Waals surface area contributed by atoms with E-state index in [1.165, 1.54) is 22.7 Å². The summed E-state index contributed by atoms with van der Waals surface area (Å²) in [5.41, 5.74) is 0. The maximum absolute atomic E-state index is 11.6. The van der Waals surface area contributed by atoms with Gasteiger partial charge in [-0.15, -0.1) is 22.7 Å². The Morgan fingerprint density at radius 3 is 2.27 bits per heavy atom. The van der Waals surface area contributed by atoms with E-state index in [-0.39, 0.29) is 11.7 Å². The first kappa shape index (κ1) is 10.1. The largest absolute Gasteiger partial charge is 0.305 e. The zero-order valence-corrected chi connectivity index (χ0v) is 9.32. The van der Waals surface area contributed by atoms with Crippen LogP contribution in [0.4, 0.5) is 0 Å². The number of hydrogen-bond donors (Lipinski definition) is 2. The predicted molar refractivity (Wildman–Crippen MR) is 62.9 cm³/mol. The fourth-order valence-electron chi connectivity index (χ4n) is 1.07. The van der Waals surface area contributed by atoms with Crippen LogP contribution >= 0.6 is 22.7 Å². The van der Waals surface area contributed by atoms with Crippen LogP contribution in [0.25, 0.3) is 0 Å². The first-order valence-corrected chi connectivity index (χ1v) is 6.00. The average molecular weight is 236 g/mol. The molecule has 0 bridgehead atoms. The second kappa shape index (κ2) is 4.37. The Morgan fingerprint density at radius 2 is 1.73 bits per heavy atom. The van der Waals surface area contributed by atoms with E-state index >= 15 is 0 Å². The molecule has 1 amide bonds. The van der Waals surface area contributed by atoms with Gasteiger partial charge in [0, 0.05) is 0 Å². The third kappa shape index (κ3) is 2.31. The number of hydrogen-bond acceptors (Lipinski definition) is 4. The summed E-state index contributed by atoms with van der Waals surface area (Å²) in [7, 11) is 0. The topological polar surface area (TPSA) is 53.0 Å². The van der Waals surface area contributed by atoms with Crippen LogP contribution in [-0.2, 0) is 0 Å². The highest BCUT2D eigenvalue weighted by Crippen LogP contribution is 2.10. The minimum Gasteiger partial charge on any atom is -0.305 e. The molecule has 0 atom stereocenters. The number of thiophene rings is 2. The molecule has 0 aliphatic heterocycles. The molecule has 0 saturated carbocycles. The summed E-state index contributed by atoms with van der Waals surface area (Å²) in [6.07, 6.45) is 0. The predicted octanol–water partition coefficient (Wildman–Crippen LogP) is 2.56. The quantitative estimate of drug-likeness (QED) is 0.611. The molecule has 2 N–H and O–H groups in total. The van der Waals surface area contributed by atoms with Crippen molar-refractivity contribution in [3.63, 3.8) is 0 Å². The van der Waals surface area contributed by atoms with Gasteiger partial charge in [0.25, 0.3) is 5.91 Å². The van der Waals surface area contributed by atoms with Gasteiger partial charge in [-0.25, -0.2) is 0 Å². The standard InChI is InChI=1S/C10H8N2OS2/c11-9(7-3-1-5-14-7)12-10(13)8-4-2-6-15-8/h1-6H,(H2,11,12,13). The molecule has 2 heterocycles. The maximum Gasteiger partial charge on any atom is 0.266 e. The summed E-state index contributed by atoms with van der Waals surface area (Å²) < 4.78 is 0. The Hall–Kier alpha value is -1.46. The Kier molecular flexibility index (Phi) is 2.94. The summed E-state index contributed by atoms with van der Waals surface area (Å²) >= 11 is 2.80. The van der Waals surface area contributed by atoms with E-state index in [1.54, 1.807) is 6.07 Å². The van der Waals surface area contributed by atoms with Crippen molar-refractivity contribution in [3.8, 4) is 0 Å². The Labute approximate surface area is 94.9 Å². The molecule has 0 saturated heterocycles. The zero-order valence-electron chi connectivity index (χ0n) is 7.69. The molecule has 0 radical (unpaired) electrons. The molecular weight excluding hydrogens is 228 g/mol. The van der Waals surface area contributed by atoms with Crippen molar-refractivity contribution >= 4 is 34.4 Å². The van der Waals surface area contributed by atoms with Crippen molar-refractivity contribution in [1.29, 1.82) is 5.41 Å². The molecular formula is C10H8N2OS2. The van der Waals surface area contributed by atoms with Crippen molar-refractivity contribution in [2.24, 2.45) is 0 Å². The van der Waals surface area contributed by atoms with Gasteiger partial charge in [-0.1, -0.05) is 12.1 Å². The molecule has 0 spiro atoms. The first-order chi connectivity index (χ1) is 7.27. The molecule has 0 fully saturated rings. The summed E-state index contributed by atoms with van der Waals surface area (Å²) in [5.74, 6) is -0.0631. The lowest BCUT2D eigenvalue weighted by Crippen LogP contribution is -2.29. The number of rotatable bonds is 2. The summed E-state index contributed by atoms with van der Waals surface area (Å²) in [4.78, 5) is 13.0. The van der Waals surface area contributed by atoms with Gasteiger partial charge in [-0.05, 0) is 22.9 Å². The molecule has 0 unspecified atom stereocenters. The average Bonchev–Trinajstić information content (AvgIpc) is 2.91. The van der Waals surface area contributed by atoms with E-state index in [0.717, 1.165) is 4.88 Å². The van der Waals surface area contributed by atoms with E-state index in [2.05, 4.69) is 5.32 Å². The summed E-state index contributed by atoms with van der Waals surface area (Å²) in [5, 5.41) is 13.9. The van der Waals surface area contributed by atoms with E-state index in [4.69, 9.17) is 5.41 Å². The normalized spacial score (nSPS) is 9.87. The van der Waals surface area contributed by atoms with E-state index in [9.17, 15) is 4.79 Å². The molecule has 0 aliphatic carbocycles. The molecule has 2 rings (SSSR count). The zero-order chi connectivity index (χ0) is 10.7. The molecule has 2 aromatic rings. The molecule has 0 aliphatic rings. The molecule has 2 aromatic heterocycles. The van der Waals surface area contributed by atoms with Crippen LogP contribution in [0, 0.1) is 5.41 Å². The van der Waals surface area contributed by atoms with Crippen molar-refractivity contribution in [3.05, 3.63) is 44.8 Å². The highest BCUT2D eigenvalue weighted by molar-refractivity contribution is 7.12.